The van der Waals surface area contributed by atoms with E-state index in [1.807, 2.05) is 30.3 Å². The highest BCUT2D eigenvalue weighted by molar-refractivity contribution is 6.31. The van der Waals surface area contributed by atoms with Crippen LogP contribution in [0.25, 0.3) is 11.0 Å². The molecule has 0 radical (unpaired) electrons. The molecule has 1 N–H and O–H groups in total. The fraction of sp³-hybridized carbons (Fsp3) is 0.324. The van der Waals surface area contributed by atoms with Gasteiger partial charge < -0.3 is 18.8 Å². The summed E-state index contributed by atoms with van der Waals surface area (Å²) >= 11 is 6.37. The molecule has 1 fully saturated rings. The third-order valence-electron chi connectivity index (χ3n) is 8.21. The number of para-hydroxylation sites is 2. The number of anilines is 1. The van der Waals surface area contributed by atoms with Gasteiger partial charge in [-0.1, -0.05) is 54.1 Å². The lowest BCUT2D eigenvalue weighted by Crippen LogP contribution is -2.46. The number of nitrogens with one attached hydrogen (secondary N) is 1. The molecule has 8 heteroatoms. The predicted molar refractivity (Wildman–Crippen MR) is 167 cm³/mol. The van der Waals surface area contributed by atoms with Crippen LogP contribution in [-0.2, 0) is 24.4 Å². The van der Waals surface area contributed by atoms with Crippen LogP contribution in [0.1, 0.15) is 30.4 Å². The highest BCUT2D eigenvalue weighted by Crippen LogP contribution is 2.23. The summed E-state index contributed by atoms with van der Waals surface area (Å²) in [4.78, 5) is 4.91. The van der Waals surface area contributed by atoms with Crippen molar-refractivity contribution in [2.75, 3.05) is 37.7 Å². The topological polar surface area (TPSA) is 49.4 Å². The Morgan fingerprint density at radius 3 is 2.21 bits per heavy atom. The molecule has 42 heavy (non-hydrogen) atoms. The highest BCUT2D eigenvalue weighted by atomic mass is 35.5. The first-order valence-corrected chi connectivity index (χ1v) is 15.1. The fourth-order valence-corrected chi connectivity index (χ4v) is 6.04. The summed E-state index contributed by atoms with van der Waals surface area (Å²) < 4.78 is 23.2. The average Bonchev–Trinajstić information content (AvgIpc) is 3.28. The van der Waals surface area contributed by atoms with E-state index in [4.69, 9.17) is 21.7 Å². The standard InChI is InChI=1S/C34H37ClFN5O/c35-31-7-2-1-6-27(31)25-38-19-21-39(22-20-38)29-14-10-26(11-15-29)24-41-33-9-4-3-8-32(33)40(34(41)37)18-5-23-42-30-16-12-28(36)13-17-30/h1-4,6-12,14-16,37H,5,13,17-25H2. The quantitative estimate of drug-likeness (QED) is 0.206. The third kappa shape index (κ3) is 6.48. The summed E-state index contributed by atoms with van der Waals surface area (Å²) in [6.07, 6.45) is 5.00. The minimum Gasteiger partial charge on any atom is -0.498 e. The normalized spacial score (nSPS) is 16.0. The summed E-state index contributed by atoms with van der Waals surface area (Å²) in [5, 5.41) is 9.83. The number of imidazole rings is 1. The van der Waals surface area contributed by atoms with Gasteiger partial charge in [0.15, 0.2) is 0 Å². The van der Waals surface area contributed by atoms with Crippen molar-refractivity contribution in [1.29, 1.82) is 5.41 Å². The van der Waals surface area contributed by atoms with Crippen LogP contribution in [0.5, 0.6) is 0 Å². The monoisotopic (exact) mass is 585 g/mol. The second-order valence-corrected chi connectivity index (χ2v) is 11.4. The van der Waals surface area contributed by atoms with Gasteiger partial charge in [-0.25, -0.2) is 4.39 Å². The molecule has 1 saturated heterocycles. The Morgan fingerprint density at radius 1 is 0.786 bits per heavy atom. The van der Waals surface area contributed by atoms with Crippen molar-refractivity contribution < 1.29 is 9.13 Å². The molecule has 218 valence electrons. The molecule has 2 heterocycles. The molecular weight excluding hydrogens is 549 g/mol. The summed E-state index contributed by atoms with van der Waals surface area (Å²) in [6, 6.07) is 25.1. The molecule has 1 aliphatic carbocycles. The molecule has 0 amide bonds. The second kappa shape index (κ2) is 13.0. The van der Waals surface area contributed by atoms with Crippen molar-refractivity contribution in [2.45, 2.75) is 38.9 Å². The van der Waals surface area contributed by atoms with E-state index in [2.05, 4.69) is 61.4 Å². The van der Waals surface area contributed by atoms with Gasteiger partial charge >= 0.3 is 0 Å². The number of rotatable bonds is 10. The van der Waals surface area contributed by atoms with Gasteiger partial charge in [-0.15, -0.1) is 0 Å². The van der Waals surface area contributed by atoms with Gasteiger partial charge in [0, 0.05) is 62.8 Å². The largest absolute Gasteiger partial charge is 0.498 e. The third-order valence-corrected chi connectivity index (χ3v) is 8.58. The van der Waals surface area contributed by atoms with Crippen LogP contribution in [-0.4, -0.2) is 46.8 Å². The van der Waals surface area contributed by atoms with Crippen molar-refractivity contribution in [1.82, 2.24) is 14.0 Å². The van der Waals surface area contributed by atoms with Crippen molar-refractivity contribution >= 4 is 28.3 Å². The number of nitrogens with zero attached hydrogens (tertiary/aromatic N) is 4. The Hall–Kier alpha value is -3.81. The predicted octanol–water partition coefficient (Wildman–Crippen LogP) is 6.88. The maximum absolute atomic E-state index is 13.2. The number of fused-ring (bicyclic) bond motifs is 1. The van der Waals surface area contributed by atoms with E-state index in [1.165, 1.54) is 22.9 Å². The number of aromatic nitrogens is 2. The first kappa shape index (κ1) is 28.3. The van der Waals surface area contributed by atoms with E-state index in [0.29, 0.717) is 38.2 Å². The molecule has 0 spiro atoms. The zero-order chi connectivity index (χ0) is 28.9. The minimum atomic E-state index is -0.0948. The average molecular weight is 586 g/mol. The summed E-state index contributed by atoms with van der Waals surface area (Å²) in [5.74, 6) is 0.736. The van der Waals surface area contributed by atoms with Gasteiger partial charge in [0.2, 0.25) is 5.62 Å². The Bertz CT molecular complexity index is 1650. The molecule has 2 aliphatic rings. The van der Waals surface area contributed by atoms with E-state index in [0.717, 1.165) is 61.0 Å². The molecule has 6 rings (SSSR count). The van der Waals surface area contributed by atoms with Gasteiger partial charge in [-0.3, -0.25) is 10.3 Å². The number of aryl methyl sites for hydroxylation is 1. The lowest BCUT2D eigenvalue weighted by atomic mass is 10.1. The lowest BCUT2D eigenvalue weighted by Gasteiger charge is -2.36. The van der Waals surface area contributed by atoms with Gasteiger partial charge in [0.1, 0.15) is 5.83 Å². The Kier molecular flexibility index (Phi) is 8.77. The smallest absolute Gasteiger partial charge is 0.203 e. The van der Waals surface area contributed by atoms with Crippen molar-refractivity contribution in [2.24, 2.45) is 0 Å². The number of ether oxygens (including phenoxy) is 1. The Balaban J connectivity index is 1.07. The number of allylic oxidation sites excluding steroid dienone is 4. The molecule has 4 aromatic rings. The van der Waals surface area contributed by atoms with Gasteiger partial charge in [0.05, 0.1) is 29.9 Å². The van der Waals surface area contributed by atoms with Crippen LogP contribution in [0.4, 0.5) is 10.1 Å². The van der Waals surface area contributed by atoms with Crippen LogP contribution in [0.2, 0.25) is 5.02 Å². The van der Waals surface area contributed by atoms with E-state index in [1.54, 1.807) is 6.08 Å². The molecular formula is C34H37ClFN5O. The van der Waals surface area contributed by atoms with Crippen molar-refractivity contribution in [3.05, 3.63) is 118 Å². The number of hydrogen-bond acceptors (Lipinski definition) is 4. The van der Waals surface area contributed by atoms with Gasteiger partial charge in [0.25, 0.3) is 0 Å². The summed E-state index contributed by atoms with van der Waals surface area (Å²) in [7, 11) is 0. The zero-order valence-electron chi connectivity index (χ0n) is 23.8. The number of benzene rings is 3. The van der Waals surface area contributed by atoms with Crippen molar-refractivity contribution in [3.63, 3.8) is 0 Å². The molecule has 0 unspecified atom stereocenters. The molecule has 6 nitrogen and oxygen atoms in total. The summed E-state index contributed by atoms with van der Waals surface area (Å²) in [6.45, 7) is 6.73. The van der Waals surface area contributed by atoms with Crippen LogP contribution >= 0.6 is 11.6 Å². The molecule has 3 aromatic carbocycles. The first-order chi connectivity index (χ1) is 20.5. The van der Waals surface area contributed by atoms with Crippen molar-refractivity contribution in [3.8, 4) is 0 Å². The Labute approximate surface area is 251 Å². The number of hydrogen-bond donors (Lipinski definition) is 1. The first-order valence-electron chi connectivity index (χ1n) is 14.8. The summed E-state index contributed by atoms with van der Waals surface area (Å²) in [5.41, 5.74) is 6.18. The molecule has 1 aromatic heterocycles. The van der Waals surface area contributed by atoms with E-state index in [-0.39, 0.29) is 5.83 Å². The molecule has 1 aliphatic heterocycles. The molecule has 0 saturated carbocycles. The minimum absolute atomic E-state index is 0.0948. The van der Waals surface area contributed by atoms with E-state index < -0.39 is 0 Å². The zero-order valence-corrected chi connectivity index (χ0v) is 24.6. The van der Waals surface area contributed by atoms with E-state index in [9.17, 15) is 4.39 Å². The number of halogens is 2. The lowest BCUT2D eigenvalue weighted by molar-refractivity contribution is 0.191. The molecule has 0 atom stereocenters. The van der Waals surface area contributed by atoms with Crippen LogP contribution in [0.15, 0.2) is 96.5 Å². The number of piperazine rings is 1. The van der Waals surface area contributed by atoms with Crippen LogP contribution in [0.3, 0.4) is 0 Å². The second-order valence-electron chi connectivity index (χ2n) is 11.0. The molecule has 0 bridgehead atoms. The maximum atomic E-state index is 13.2. The van der Waals surface area contributed by atoms with E-state index >= 15 is 0 Å². The Morgan fingerprint density at radius 2 is 1.50 bits per heavy atom. The van der Waals surface area contributed by atoms with Crippen LogP contribution in [0, 0.1) is 5.41 Å². The van der Waals surface area contributed by atoms with Crippen LogP contribution < -0.4 is 10.5 Å². The van der Waals surface area contributed by atoms with Gasteiger partial charge in [-0.2, -0.15) is 0 Å². The fourth-order valence-electron chi connectivity index (χ4n) is 5.85. The maximum Gasteiger partial charge on any atom is 0.203 e. The van der Waals surface area contributed by atoms with Gasteiger partial charge in [-0.05, 0) is 60.0 Å². The SMILES string of the molecule is N=c1n(CCCOC2=CC=C(F)CC2)c2ccccc2n1Cc1ccc(N2CCN(Cc3ccccc3Cl)CC2)cc1. The highest BCUT2D eigenvalue weighted by Gasteiger charge is 2.18.